The van der Waals surface area contributed by atoms with Crippen LogP contribution in [0.3, 0.4) is 0 Å². The third-order valence-electron chi connectivity index (χ3n) is 2.94. The molecule has 0 saturated carbocycles. The first-order chi connectivity index (χ1) is 8.58. The maximum Gasteiger partial charge on any atom is 0.292 e. The van der Waals surface area contributed by atoms with Gasteiger partial charge in [-0.25, -0.2) is 0 Å². The second-order valence-electron chi connectivity index (χ2n) is 4.34. The molecule has 0 unspecified atom stereocenters. The molecule has 6 heteroatoms. The van der Waals surface area contributed by atoms with Gasteiger partial charge in [-0.15, -0.1) is 0 Å². The summed E-state index contributed by atoms with van der Waals surface area (Å²) in [6, 6.07) is 4.67. The third kappa shape index (κ3) is 2.58. The smallest absolute Gasteiger partial charge is 0.292 e. The van der Waals surface area contributed by atoms with Crippen molar-refractivity contribution < 1.29 is 9.72 Å². The number of carbonyl (C=O) groups excluding carboxylic acids is 1. The van der Waals surface area contributed by atoms with Crippen molar-refractivity contribution in [1.82, 2.24) is 0 Å². The van der Waals surface area contributed by atoms with E-state index in [1.807, 2.05) is 4.90 Å². The number of amides is 1. The summed E-state index contributed by atoms with van der Waals surface area (Å²) in [5.74, 6) is -0.184. The van der Waals surface area contributed by atoms with Crippen molar-refractivity contribution in [2.45, 2.75) is 19.8 Å². The van der Waals surface area contributed by atoms with E-state index in [2.05, 4.69) is 5.32 Å². The number of nitrogens with zero attached hydrogens (tertiary/aromatic N) is 2. The molecule has 0 bridgehead atoms. The van der Waals surface area contributed by atoms with Crippen LogP contribution in [0.15, 0.2) is 18.2 Å². The normalized spacial score (nSPS) is 14.6. The largest absolute Gasteiger partial charge is 0.366 e. The van der Waals surface area contributed by atoms with E-state index in [0.717, 1.165) is 25.9 Å². The van der Waals surface area contributed by atoms with Gasteiger partial charge >= 0.3 is 0 Å². The number of hydrogen-bond donors (Lipinski definition) is 1. The van der Waals surface area contributed by atoms with Crippen LogP contribution in [0.1, 0.15) is 19.8 Å². The number of benzene rings is 1. The molecule has 1 aliphatic rings. The summed E-state index contributed by atoms with van der Waals surface area (Å²) in [5.41, 5.74) is 1.27. The fourth-order valence-electron chi connectivity index (χ4n) is 2.17. The molecule has 0 aromatic heterocycles. The summed E-state index contributed by atoms with van der Waals surface area (Å²) >= 11 is 0. The van der Waals surface area contributed by atoms with Crippen LogP contribution in [-0.2, 0) is 4.79 Å². The first-order valence-corrected chi connectivity index (χ1v) is 5.89. The summed E-state index contributed by atoms with van der Waals surface area (Å²) in [5, 5.41) is 13.7. The fourth-order valence-corrected chi connectivity index (χ4v) is 2.17. The summed E-state index contributed by atoms with van der Waals surface area (Å²) < 4.78 is 0. The predicted molar refractivity (Wildman–Crippen MR) is 68.8 cm³/mol. The number of anilines is 2. The number of carbonyl (C=O) groups is 1. The SMILES string of the molecule is CC(=O)Nc1ccc([N+](=O)[O-])c(N2CCCC2)c1. The molecular formula is C12H15N3O3. The Labute approximate surface area is 105 Å². The topological polar surface area (TPSA) is 75.5 Å². The summed E-state index contributed by atoms with van der Waals surface area (Å²) in [7, 11) is 0. The van der Waals surface area contributed by atoms with E-state index in [0.29, 0.717) is 11.4 Å². The van der Waals surface area contributed by atoms with Crippen LogP contribution in [0, 0.1) is 10.1 Å². The van der Waals surface area contributed by atoms with Gasteiger partial charge in [0.25, 0.3) is 5.69 Å². The molecule has 96 valence electrons. The van der Waals surface area contributed by atoms with Gasteiger partial charge in [0.05, 0.1) is 4.92 Å². The quantitative estimate of drug-likeness (QED) is 0.657. The number of hydrogen-bond acceptors (Lipinski definition) is 4. The van der Waals surface area contributed by atoms with Gasteiger partial charge in [-0.1, -0.05) is 0 Å². The zero-order valence-corrected chi connectivity index (χ0v) is 10.2. The second kappa shape index (κ2) is 5.03. The molecule has 0 radical (unpaired) electrons. The zero-order chi connectivity index (χ0) is 13.1. The van der Waals surface area contributed by atoms with E-state index >= 15 is 0 Å². The molecule has 1 heterocycles. The van der Waals surface area contributed by atoms with Gasteiger partial charge in [-0.05, 0) is 25.0 Å². The standard InChI is InChI=1S/C12H15N3O3/c1-9(16)13-10-4-5-11(15(17)18)12(8-10)14-6-2-3-7-14/h4-5,8H,2-3,6-7H2,1H3,(H,13,16). The highest BCUT2D eigenvalue weighted by Gasteiger charge is 2.22. The Balaban J connectivity index is 2.37. The average Bonchev–Trinajstić information content (AvgIpc) is 2.80. The molecule has 0 atom stereocenters. The van der Waals surface area contributed by atoms with Crippen molar-refractivity contribution in [1.29, 1.82) is 0 Å². The molecule has 1 amide bonds. The van der Waals surface area contributed by atoms with Crippen molar-refractivity contribution in [3.8, 4) is 0 Å². The van der Waals surface area contributed by atoms with Gasteiger partial charge in [-0.3, -0.25) is 14.9 Å². The molecule has 1 aromatic carbocycles. The molecule has 2 rings (SSSR count). The number of rotatable bonds is 3. The highest BCUT2D eigenvalue weighted by molar-refractivity contribution is 5.90. The van der Waals surface area contributed by atoms with Crippen molar-refractivity contribution in [3.63, 3.8) is 0 Å². The van der Waals surface area contributed by atoms with Crippen LogP contribution in [0.25, 0.3) is 0 Å². The molecule has 1 saturated heterocycles. The molecule has 6 nitrogen and oxygen atoms in total. The van der Waals surface area contributed by atoms with Gasteiger partial charge in [0.1, 0.15) is 5.69 Å². The van der Waals surface area contributed by atoms with E-state index in [1.165, 1.54) is 13.0 Å². The number of nitro groups is 1. The van der Waals surface area contributed by atoms with Gasteiger partial charge in [0.2, 0.25) is 5.91 Å². The van der Waals surface area contributed by atoms with Crippen LogP contribution in [0.2, 0.25) is 0 Å². The van der Waals surface area contributed by atoms with Crippen LogP contribution >= 0.6 is 0 Å². The lowest BCUT2D eigenvalue weighted by Gasteiger charge is -2.18. The molecule has 0 spiro atoms. The molecule has 1 aliphatic heterocycles. The minimum absolute atomic E-state index is 0.0889. The van der Waals surface area contributed by atoms with Crippen LogP contribution in [0.4, 0.5) is 17.1 Å². The summed E-state index contributed by atoms with van der Waals surface area (Å²) in [6.45, 7) is 3.06. The van der Waals surface area contributed by atoms with Crippen LogP contribution in [0.5, 0.6) is 0 Å². The molecule has 0 aliphatic carbocycles. The fraction of sp³-hybridized carbons (Fsp3) is 0.417. The number of nitrogens with one attached hydrogen (secondary N) is 1. The van der Waals surface area contributed by atoms with E-state index in [-0.39, 0.29) is 16.5 Å². The summed E-state index contributed by atoms with van der Waals surface area (Å²) in [4.78, 5) is 23.6. The van der Waals surface area contributed by atoms with Crippen molar-refractivity contribution in [3.05, 3.63) is 28.3 Å². The highest BCUT2D eigenvalue weighted by Crippen LogP contribution is 2.33. The molecule has 1 N–H and O–H groups in total. The van der Waals surface area contributed by atoms with Gasteiger partial charge in [0, 0.05) is 31.8 Å². The Hall–Kier alpha value is -2.11. The van der Waals surface area contributed by atoms with Gasteiger partial charge in [0.15, 0.2) is 0 Å². The van der Waals surface area contributed by atoms with Crippen molar-refractivity contribution >= 4 is 23.0 Å². The predicted octanol–water partition coefficient (Wildman–Crippen LogP) is 2.15. The Bertz CT molecular complexity index is 481. The Morgan fingerprint density at radius 2 is 2.06 bits per heavy atom. The van der Waals surface area contributed by atoms with Crippen molar-refractivity contribution in [2.24, 2.45) is 0 Å². The lowest BCUT2D eigenvalue weighted by Crippen LogP contribution is -2.19. The molecule has 1 aromatic rings. The lowest BCUT2D eigenvalue weighted by atomic mass is 10.2. The van der Waals surface area contributed by atoms with Gasteiger partial charge in [-0.2, -0.15) is 0 Å². The van der Waals surface area contributed by atoms with E-state index in [9.17, 15) is 14.9 Å². The second-order valence-corrected chi connectivity index (χ2v) is 4.34. The minimum Gasteiger partial charge on any atom is -0.366 e. The zero-order valence-electron chi connectivity index (χ0n) is 10.2. The number of nitro benzene ring substituents is 1. The highest BCUT2D eigenvalue weighted by atomic mass is 16.6. The Morgan fingerprint density at radius 1 is 1.39 bits per heavy atom. The Kier molecular flexibility index (Phi) is 3.45. The third-order valence-corrected chi connectivity index (χ3v) is 2.94. The summed E-state index contributed by atoms with van der Waals surface area (Å²) in [6.07, 6.45) is 2.09. The lowest BCUT2D eigenvalue weighted by molar-refractivity contribution is -0.384. The van der Waals surface area contributed by atoms with Crippen molar-refractivity contribution in [2.75, 3.05) is 23.3 Å². The Morgan fingerprint density at radius 3 is 2.61 bits per heavy atom. The molecule has 1 fully saturated rings. The van der Waals surface area contributed by atoms with E-state index in [1.54, 1.807) is 12.1 Å². The minimum atomic E-state index is -0.384. The maximum absolute atomic E-state index is 11.0. The monoisotopic (exact) mass is 249 g/mol. The van der Waals surface area contributed by atoms with Gasteiger partial charge < -0.3 is 10.2 Å². The van der Waals surface area contributed by atoms with Crippen LogP contribution in [-0.4, -0.2) is 23.9 Å². The first kappa shape index (κ1) is 12.3. The molecular weight excluding hydrogens is 234 g/mol. The van der Waals surface area contributed by atoms with E-state index < -0.39 is 0 Å². The average molecular weight is 249 g/mol. The van der Waals surface area contributed by atoms with Crippen LogP contribution < -0.4 is 10.2 Å². The molecule has 18 heavy (non-hydrogen) atoms. The van der Waals surface area contributed by atoms with E-state index in [4.69, 9.17) is 0 Å². The first-order valence-electron chi connectivity index (χ1n) is 5.89. The maximum atomic E-state index is 11.0.